The molecule has 7 heteroatoms. The number of nitrogens with zero attached hydrogens (tertiary/aromatic N) is 2. The molecule has 1 unspecified atom stereocenters. The molecule has 0 saturated heterocycles. The van der Waals surface area contributed by atoms with E-state index in [0.29, 0.717) is 28.9 Å². The molecule has 0 aliphatic carbocycles. The fraction of sp³-hybridized carbons (Fsp3) is 0.211. The molecular formula is C19H18ClN3O3. The number of benzene rings is 2. The number of carbonyl (C=O) groups excluding carboxylic acids is 1. The molecule has 0 spiro atoms. The molecule has 0 bridgehead atoms. The first-order valence-corrected chi connectivity index (χ1v) is 8.53. The van der Waals surface area contributed by atoms with Crippen LogP contribution < -0.4 is 10.1 Å². The highest BCUT2D eigenvalue weighted by atomic mass is 35.5. The summed E-state index contributed by atoms with van der Waals surface area (Å²) in [7, 11) is 0. The third-order valence-electron chi connectivity index (χ3n) is 3.61. The third-order valence-corrected chi connectivity index (χ3v) is 3.84. The summed E-state index contributed by atoms with van der Waals surface area (Å²) in [4.78, 5) is 16.4. The summed E-state index contributed by atoms with van der Waals surface area (Å²) in [6.07, 6.45) is -0.125. The summed E-state index contributed by atoms with van der Waals surface area (Å²) < 4.78 is 10.8. The van der Waals surface area contributed by atoms with E-state index in [9.17, 15) is 4.79 Å². The van der Waals surface area contributed by atoms with E-state index >= 15 is 0 Å². The SMILES string of the molecule is CC(Oc1cccc(Cl)c1)C(=O)NCc1noc(Cc2ccccc2)n1. The average Bonchev–Trinajstić information content (AvgIpc) is 3.08. The Labute approximate surface area is 156 Å². The van der Waals surface area contributed by atoms with Crippen LogP contribution in [0.5, 0.6) is 5.75 Å². The smallest absolute Gasteiger partial charge is 0.261 e. The molecule has 6 nitrogen and oxygen atoms in total. The van der Waals surface area contributed by atoms with Crippen LogP contribution in [0.4, 0.5) is 0 Å². The Morgan fingerprint density at radius 2 is 2.04 bits per heavy atom. The molecule has 0 fully saturated rings. The van der Waals surface area contributed by atoms with Gasteiger partial charge in [-0.3, -0.25) is 4.79 Å². The summed E-state index contributed by atoms with van der Waals surface area (Å²) in [5, 5.41) is 7.16. The Morgan fingerprint density at radius 3 is 2.81 bits per heavy atom. The van der Waals surface area contributed by atoms with Gasteiger partial charge in [0.1, 0.15) is 5.75 Å². The molecule has 3 aromatic rings. The Balaban J connectivity index is 1.50. The van der Waals surface area contributed by atoms with Crippen molar-refractivity contribution in [2.45, 2.75) is 26.0 Å². The number of carbonyl (C=O) groups is 1. The first-order chi connectivity index (χ1) is 12.6. The minimum atomic E-state index is -0.677. The molecule has 1 N–H and O–H groups in total. The Hall–Kier alpha value is -2.86. The van der Waals surface area contributed by atoms with Crippen LogP contribution >= 0.6 is 11.6 Å². The molecule has 3 rings (SSSR count). The standard InChI is InChI=1S/C19H18ClN3O3/c1-13(25-16-9-5-8-15(20)11-16)19(24)21-12-17-22-18(26-23-17)10-14-6-3-2-4-7-14/h2-9,11,13H,10,12H2,1H3,(H,21,24). The van der Waals surface area contributed by atoms with E-state index in [1.807, 2.05) is 30.3 Å². The highest BCUT2D eigenvalue weighted by Gasteiger charge is 2.16. The lowest BCUT2D eigenvalue weighted by molar-refractivity contribution is -0.127. The molecule has 1 heterocycles. The predicted octanol–water partition coefficient (Wildman–Crippen LogP) is 3.40. The van der Waals surface area contributed by atoms with Gasteiger partial charge in [-0.1, -0.05) is 53.2 Å². The fourth-order valence-corrected chi connectivity index (χ4v) is 2.49. The van der Waals surface area contributed by atoms with Crippen molar-refractivity contribution in [2.75, 3.05) is 0 Å². The van der Waals surface area contributed by atoms with Gasteiger partial charge in [-0.2, -0.15) is 4.98 Å². The van der Waals surface area contributed by atoms with Crippen molar-refractivity contribution in [3.63, 3.8) is 0 Å². The molecular weight excluding hydrogens is 354 g/mol. The molecule has 1 amide bonds. The van der Waals surface area contributed by atoms with Crippen molar-refractivity contribution in [3.05, 3.63) is 76.9 Å². The van der Waals surface area contributed by atoms with E-state index in [2.05, 4.69) is 15.5 Å². The number of hydrogen-bond donors (Lipinski definition) is 1. The molecule has 1 atom stereocenters. The normalized spacial score (nSPS) is 11.8. The zero-order chi connectivity index (χ0) is 18.4. The van der Waals surface area contributed by atoms with Crippen molar-refractivity contribution in [2.24, 2.45) is 0 Å². The van der Waals surface area contributed by atoms with Crippen molar-refractivity contribution < 1.29 is 14.1 Å². The number of nitrogens with one attached hydrogen (secondary N) is 1. The maximum absolute atomic E-state index is 12.1. The van der Waals surface area contributed by atoms with Gasteiger partial charge in [-0.15, -0.1) is 0 Å². The van der Waals surface area contributed by atoms with E-state index in [1.165, 1.54) is 0 Å². The van der Waals surface area contributed by atoms with E-state index < -0.39 is 6.10 Å². The van der Waals surface area contributed by atoms with Crippen LogP contribution in [0.25, 0.3) is 0 Å². The van der Waals surface area contributed by atoms with E-state index in [0.717, 1.165) is 5.56 Å². The van der Waals surface area contributed by atoms with Crippen LogP contribution in [-0.4, -0.2) is 22.2 Å². The van der Waals surface area contributed by atoms with Gasteiger partial charge >= 0.3 is 0 Å². The molecule has 0 aliphatic rings. The zero-order valence-corrected chi connectivity index (χ0v) is 14.9. The van der Waals surface area contributed by atoms with E-state index in [1.54, 1.807) is 31.2 Å². The van der Waals surface area contributed by atoms with Crippen molar-refractivity contribution in [1.82, 2.24) is 15.5 Å². The van der Waals surface area contributed by atoms with Crippen LogP contribution in [0.2, 0.25) is 5.02 Å². The number of rotatable bonds is 7. The monoisotopic (exact) mass is 371 g/mol. The summed E-state index contributed by atoms with van der Waals surface area (Å²) in [6.45, 7) is 1.83. The van der Waals surface area contributed by atoms with Crippen molar-refractivity contribution in [3.8, 4) is 5.75 Å². The Bertz CT molecular complexity index is 867. The van der Waals surface area contributed by atoms with Gasteiger partial charge in [0.15, 0.2) is 11.9 Å². The summed E-state index contributed by atoms with van der Waals surface area (Å²) in [6, 6.07) is 16.7. The first-order valence-electron chi connectivity index (χ1n) is 8.15. The zero-order valence-electron chi connectivity index (χ0n) is 14.2. The first kappa shape index (κ1) is 17.9. The maximum atomic E-state index is 12.1. The highest BCUT2D eigenvalue weighted by Crippen LogP contribution is 2.18. The second-order valence-electron chi connectivity index (χ2n) is 5.70. The molecule has 134 valence electrons. The lowest BCUT2D eigenvalue weighted by Gasteiger charge is -2.14. The topological polar surface area (TPSA) is 77.2 Å². The Morgan fingerprint density at radius 1 is 1.23 bits per heavy atom. The molecule has 1 aromatic heterocycles. The quantitative estimate of drug-likeness (QED) is 0.688. The second-order valence-corrected chi connectivity index (χ2v) is 6.14. The highest BCUT2D eigenvalue weighted by molar-refractivity contribution is 6.30. The molecule has 2 aromatic carbocycles. The maximum Gasteiger partial charge on any atom is 0.261 e. The minimum Gasteiger partial charge on any atom is -0.481 e. The minimum absolute atomic E-state index is 0.167. The lowest BCUT2D eigenvalue weighted by Crippen LogP contribution is -2.36. The van der Waals surface area contributed by atoms with Crippen LogP contribution in [0.1, 0.15) is 24.2 Å². The number of amides is 1. The van der Waals surface area contributed by atoms with Gasteiger partial charge in [-0.25, -0.2) is 0 Å². The van der Waals surface area contributed by atoms with Crippen molar-refractivity contribution in [1.29, 1.82) is 0 Å². The van der Waals surface area contributed by atoms with Gasteiger partial charge in [0.2, 0.25) is 5.89 Å². The Kier molecular flexibility index (Phi) is 5.86. The second kappa shape index (κ2) is 8.49. The summed E-state index contributed by atoms with van der Waals surface area (Å²) in [5.74, 6) is 1.17. The van der Waals surface area contributed by atoms with Crippen LogP contribution in [0, 0.1) is 0 Å². The van der Waals surface area contributed by atoms with Crippen LogP contribution in [-0.2, 0) is 17.8 Å². The van der Waals surface area contributed by atoms with Gasteiger partial charge in [-0.05, 0) is 30.7 Å². The van der Waals surface area contributed by atoms with Crippen LogP contribution in [0.3, 0.4) is 0 Å². The molecule has 0 radical (unpaired) electrons. The van der Waals surface area contributed by atoms with Crippen molar-refractivity contribution >= 4 is 17.5 Å². The van der Waals surface area contributed by atoms with Gasteiger partial charge < -0.3 is 14.6 Å². The molecule has 26 heavy (non-hydrogen) atoms. The predicted molar refractivity (Wildman–Crippen MR) is 96.9 cm³/mol. The summed E-state index contributed by atoms with van der Waals surface area (Å²) in [5.41, 5.74) is 1.08. The largest absolute Gasteiger partial charge is 0.481 e. The number of hydrogen-bond acceptors (Lipinski definition) is 5. The summed E-state index contributed by atoms with van der Waals surface area (Å²) >= 11 is 5.90. The number of aromatic nitrogens is 2. The van der Waals surface area contributed by atoms with E-state index in [4.69, 9.17) is 20.9 Å². The van der Waals surface area contributed by atoms with Gasteiger partial charge in [0, 0.05) is 5.02 Å². The number of halogens is 1. The molecule has 0 saturated carbocycles. The fourth-order valence-electron chi connectivity index (χ4n) is 2.31. The van der Waals surface area contributed by atoms with Gasteiger partial charge in [0.05, 0.1) is 13.0 Å². The van der Waals surface area contributed by atoms with E-state index in [-0.39, 0.29) is 12.5 Å². The average molecular weight is 372 g/mol. The third kappa shape index (κ3) is 5.07. The van der Waals surface area contributed by atoms with Gasteiger partial charge in [0.25, 0.3) is 5.91 Å². The van der Waals surface area contributed by atoms with Crippen LogP contribution in [0.15, 0.2) is 59.1 Å². The lowest BCUT2D eigenvalue weighted by atomic mass is 10.1. The molecule has 0 aliphatic heterocycles. The number of ether oxygens (including phenoxy) is 1.